The van der Waals surface area contributed by atoms with Crippen molar-refractivity contribution in [2.45, 2.75) is 10.2 Å². The second-order valence-corrected chi connectivity index (χ2v) is 9.65. The van der Waals surface area contributed by atoms with Gasteiger partial charge in [-0.15, -0.1) is 0 Å². The Labute approximate surface area is 191 Å². The summed E-state index contributed by atoms with van der Waals surface area (Å²) in [5.74, 6) is 1.18. The fourth-order valence-electron chi connectivity index (χ4n) is 3.45. The Morgan fingerprint density at radius 1 is 0.733 bits per heavy atom. The lowest BCUT2D eigenvalue weighted by Crippen LogP contribution is -2.31. The van der Waals surface area contributed by atoms with Gasteiger partial charge in [-0.2, -0.15) is 9.97 Å². The molecule has 0 bridgehead atoms. The van der Waals surface area contributed by atoms with E-state index in [9.17, 15) is 0 Å². The van der Waals surface area contributed by atoms with Gasteiger partial charge in [0.2, 0.25) is 9.74 Å². The van der Waals surface area contributed by atoms with Crippen LogP contribution in [0, 0.1) is 0 Å². The molecule has 1 aliphatic heterocycles. The molecule has 3 aromatic rings. The molecular weight excluding hydrogens is 441 g/mol. The minimum atomic E-state index is -1.72. The first kappa shape index (κ1) is 21.3. The molecule has 156 valence electrons. The van der Waals surface area contributed by atoms with E-state index in [-0.39, 0.29) is 5.82 Å². The summed E-state index contributed by atoms with van der Waals surface area (Å²) in [5, 5.41) is 0. The molecule has 0 spiro atoms. The van der Waals surface area contributed by atoms with Crippen LogP contribution in [0.5, 0.6) is 0 Å². The van der Waals surface area contributed by atoms with Crippen LogP contribution in [0.25, 0.3) is 22.5 Å². The standard InChI is InChI=1S/C22H22Cl3N5/c1-29-12-5-13-30(15-14-29)21-27-19(26-20(28-21)22(23,24)25)18-10-8-17(9-11-18)16-6-3-2-4-7-16/h2-4,6-11H,5,12-15H2,1H3. The van der Waals surface area contributed by atoms with Crippen molar-refractivity contribution in [2.24, 2.45) is 0 Å². The second-order valence-electron chi connectivity index (χ2n) is 7.37. The van der Waals surface area contributed by atoms with Gasteiger partial charge in [-0.25, -0.2) is 4.98 Å². The summed E-state index contributed by atoms with van der Waals surface area (Å²) in [6, 6.07) is 18.3. The summed E-state index contributed by atoms with van der Waals surface area (Å²) in [5.41, 5.74) is 3.11. The fraction of sp³-hybridized carbons (Fsp3) is 0.318. The first-order valence-corrected chi connectivity index (χ1v) is 11.0. The lowest BCUT2D eigenvalue weighted by Gasteiger charge is -2.22. The molecular formula is C22H22Cl3N5. The van der Waals surface area contributed by atoms with E-state index < -0.39 is 3.79 Å². The number of benzene rings is 2. The molecule has 1 fully saturated rings. The van der Waals surface area contributed by atoms with Crippen molar-refractivity contribution in [3.63, 3.8) is 0 Å². The number of anilines is 1. The van der Waals surface area contributed by atoms with E-state index in [1.807, 2.05) is 42.5 Å². The van der Waals surface area contributed by atoms with Crippen molar-refractivity contribution in [1.82, 2.24) is 19.9 Å². The molecule has 1 aliphatic rings. The van der Waals surface area contributed by atoms with E-state index in [0.29, 0.717) is 11.8 Å². The third-order valence-corrected chi connectivity index (χ3v) is 5.64. The smallest absolute Gasteiger partial charge is 0.250 e. The van der Waals surface area contributed by atoms with E-state index in [2.05, 4.69) is 38.9 Å². The van der Waals surface area contributed by atoms with Crippen LogP contribution >= 0.6 is 34.8 Å². The molecule has 5 nitrogen and oxygen atoms in total. The number of aromatic nitrogens is 3. The molecule has 0 saturated carbocycles. The van der Waals surface area contributed by atoms with Gasteiger partial charge in [0.1, 0.15) is 0 Å². The zero-order valence-electron chi connectivity index (χ0n) is 16.6. The van der Waals surface area contributed by atoms with E-state index in [1.54, 1.807) is 0 Å². The summed E-state index contributed by atoms with van der Waals surface area (Å²) < 4.78 is -1.72. The zero-order valence-corrected chi connectivity index (χ0v) is 18.9. The van der Waals surface area contributed by atoms with E-state index >= 15 is 0 Å². The van der Waals surface area contributed by atoms with Crippen molar-refractivity contribution < 1.29 is 0 Å². The summed E-state index contributed by atoms with van der Waals surface area (Å²) in [7, 11) is 2.11. The molecule has 8 heteroatoms. The maximum absolute atomic E-state index is 6.14. The number of likely N-dealkylation sites (N-methyl/N-ethyl adjacent to an activating group) is 1. The maximum Gasteiger partial charge on any atom is 0.250 e. The second kappa shape index (κ2) is 9.06. The molecule has 4 rings (SSSR count). The van der Waals surface area contributed by atoms with Gasteiger partial charge in [0, 0.05) is 25.2 Å². The summed E-state index contributed by atoms with van der Waals surface area (Å²) >= 11 is 18.4. The first-order chi connectivity index (χ1) is 14.4. The van der Waals surface area contributed by atoms with Crippen LogP contribution in [-0.4, -0.2) is 53.1 Å². The maximum atomic E-state index is 6.14. The van der Waals surface area contributed by atoms with Crippen molar-refractivity contribution in [1.29, 1.82) is 0 Å². The Morgan fingerprint density at radius 3 is 2.10 bits per heavy atom. The minimum absolute atomic E-state index is 0.136. The molecule has 0 atom stereocenters. The van der Waals surface area contributed by atoms with E-state index in [0.717, 1.165) is 49.3 Å². The van der Waals surface area contributed by atoms with Crippen LogP contribution in [0.4, 0.5) is 5.95 Å². The zero-order chi connectivity index (χ0) is 21.1. The van der Waals surface area contributed by atoms with Crippen molar-refractivity contribution >= 4 is 40.8 Å². The van der Waals surface area contributed by atoms with Crippen molar-refractivity contribution in [2.75, 3.05) is 38.1 Å². The van der Waals surface area contributed by atoms with Gasteiger partial charge in [0.15, 0.2) is 11.6 Å². The Morgan fingerprint density at radius 2 is 1.40 bits per heavy atom. The van der Waals surface area contributed by atoms with Gasteiger partial charge >= 0.3 is 0 Å². The highest BCUT2D eigenvalue weighted by Gasteiger charge is 2.29. The Kier molecular flexibility index (Phi) is 6.44. The highest BCUT2D eigenvalue weighted by atomic mass is 35.6. The van der Waals surface area contributed by atoms with Crippen LogP contribution in [0.3, 0.4) is 0 Å². The van der Waals surface area contributed by atoms with Crippen molar-refractivity contribution in [3.8, 4) is 22.5 Å². The number of rotatable bonds is 3. The molecule has 1 aromatic heterocycles. The number of halogens is 3. The molecule has 2 aromatic carbocycles. The Balaban J connectivity index is 1.70. The molecule has 0 N–H and O–H groups in total. The van der Waals surface area contributed by atoms with Crippen LogP contribution < -0.4 is 4.90 Å². The molecule has 0 radical (unpaired) electrons. The predicted octanol–water partition coefficient (Wildman–Crippen LogP) is 5.17. The largest absolute Gasteiger partial charge is 0.339 e. The Bertz CT molecular complexity index is 990. The van der Waals surface area contributed by atoms with Crippen LogP contribution in [0.15, 0.2) is 54.6 Å². The molecule has 1 saturated heterocycles. The third kappa shape index (κ3) is 5.03. The van der Waals surface area contributed by atoms with Gasteiger partial charge in [-0.1, -0.05) is 89.4 Å². The van der Waals surface area contributed by atoms with Gasteiger partial charge in [0.25, 0.3) is 0 Å². The lowest BCUT2D eigenvalue weighted by atomic mass is 10.0. The Hall–Kier alpha value is -1.92. The van der Waals surface area contributed by atoms with Crippen molar-refractivity contribution in [3.05, 3.63) is 60.4 Å². The topological polar surface area (TPSA) is 45.2 Å². The third-order valence-electron chi connectivity index (χ3n) is 5.13. The van der Waals surface area contributed by atoms with Gasteiger partial charge in [0.05, 0.1) is 0 Å². The highest BCUT2D eigenvalue weighted by Crippen LogP contribution is 2.37. The summed E-state index contributed by atoms with van der Waals surface area (Å²) in [6.07, 6.45) is 1.02. The van der Waals surface area contributed by atoms with Crippen LogP contribution in [0.2, 0.25) is 0 Å². The average Bonchev–Trinajstić information content (AvgIpc) is 2.98. The van der Waals surface area contributed by atoms with Crippen LogP contribution in [-0.2, 0) is 3.79 Å². The first-order valence-electron chi connectivity index (χ1n) is 9.83. The normalized spacial score (nSPS) is 15.8. The predicted molar refractivity (Wildman–Crippen MR) is 124 cm³/mol. The molecule has 0 aliphatic carbocycles. The van der Waals surface area contributed by atoms with Gasteiger partial charge in [-0.05, 0) is 31.1 Å². The van der Waals surface area contributed by atoms with E-state index in [1.165, 1.54) is 0 Å². The van der Waals surface area contributed by atoms with E-state index in [4.69, 9.17) is 39.8 Å². The number of hydrogen-bond donors (Lipinski definition) is 0. The quantitative estimate of drug-likeness (QED) is 0.502. The highest BCUT2D eigenvalue weighted by molar-refractivity contribution is 6.66. The van der Waals surface area contributed by atoms with Gasteiger partial charge < -0.3 is 9.80 Å². The van der Waals surface area contributed by atoms with Crippen LogP contribution in [0.1, 0.15) is 12.2 Å². The molecule has 30 heavy (non-hydrogen) atoms. The monoisotopic (exact) mass is 461 g/mol. The lowest BCUT2D eigenvalue weighted by molar-refractivity contribution is 0.360. The number of hydrogen-bond acceptors (Lipinski definition) is 5. The van der Waals surface area contributed by atoms with Gasteiger partial charge in [-0.3, -0.25) is 0 Å². The average molecular weight is 463 g/mol. The summed E-state index contributed by atoms with van der Waals surface area (Å²) in [4.78, 5) is 18.1. The molecule has 2 heterocycles. The fourth-order valence-corrected chi connectivity index (χ4v) is 3.70. The SMILES string of the molecule is CN1CCCN(c2nc(-c3ccc(-c4ccccc4)cc3)nc(C(Cl)(Cl)Cl)n2)CC1. The molecule has 0 unspecified atom stereocenters. The number of nitrogens with zero attached hydrogens (tertiary/aromatic N) is 5. The minimum Gasteiger partial charge on any atom is -0.339 e. The molecule has 0 amide bonds. The number of alkyl halides is 3. The summed E-state index contributed by atoms with van der Waals surface area (Å²) in [6.45, 7) is 3.62.